The summed E-state index contributed by atoms with van der Waals surface area (Å²) < 4.78 is 28.2. The summed E-state index contributed by atoms with van der Waals surface area (Å²) in [5, 5.41) is 3.12. The maximum Gasteiger partial charge on any atom is 0.240 e. The molecule has 0 aliphatic rings. The predicted octanol–water partition coefficient (Wildman–Crippen LogP) is 3.35. The molecule has 158 valence electrons. The van der Waals surface area contributed by atoms with Gasteiger partial charge in [0, 0.05) is 18.4 Å². The molecule has 4 rings (SSSR count). The molecule has 0 fully saturated rings. The van der Waals surface area contributed by atoms with Crippen molar-refractivity contribution in [1.82, 2.24) is 24.2 Å². The molecule has 4 aromatic rings. The Morgan fingerprint density at radius 2 is 1.71 bits per heavy atom. The molecule has 0 saturated heterocycles. The van der Waals surface area contributed by atoms with Gasteiger partial charge >= 0.3 is 0 Å². The first kappa shape index (κ1) is 20.7. The number of aromatic nitrogens is 4. The van der Waals surface area contributed by atoms with Crippen LogP contribution in [0.25, 0.3) is 11.4 Å². The van der Waals surface area contributed by atoms with Crippen LogP contribution >= 0.6 is 0 Å². The molecule has 2 aromatic carbocycles. The lowest BCUT2D eigenvalue weighted by atomic mass is 10.2. The summed E-state index contributed by atoms with van der Waals surface area (Å²) in [6, 6.07) is 18.4. The highest BCUT2D eigenvalue weighted by Gasteiger charge is 2.13. The van der Waals surface area contributed by atoms with Gasteiger partial charge in [0.2, 0.25) is 16.0 Å². The van der Waals surface area contributed by atoms with Crippen LogP contribution in [0.2, 0.25) is 0 Å². The fourth-order valence-corrected chi connectivity index (χ4v) is 3.89. The molecule has 0 saturated carbocycles. The van der Waals surface area contributed by atoms with Crippen molar-refractivity contribution in [2.24, 2.45) is 0 Å². The molecular formula is C22H22N6O2S. The second-order valence-corrected chi connectivity index (χ2v) is 8.77. The summed E-state index contributed by atoms with van der Waals surface area (Å²) in [4.78, 5) is 13.6. The zero-order valence-corrected chi connectivity index (χ0v) is 18.0. The van der Waals surface area contributed by atoms with Crippen LogP contribution in [0.1, 0.15) is 11.4 Å². The van der Waals surface area contributed by atoms with E-state index in [0.29, 0.717) is 18.2 Å². The number of imidazole rings is 1. The Bertz CT molecular complexity index is 1290. The fourth-order valence-electron chi connectivity index (χ4n) is 3.16. The first-order valence-corrected chi connectivity index (χ1v) is 11.1. The maximum absolute atomic E-state index is 11.9. The van der Waals surface area contributed by atoms with Gasteiger partial charge in [-0.05, 0) is 49.9 Å². The third-order valence-electron chi connectivity index (χ3n) is 4.85. The number of sulfonamides is 1. The minimum absolute atomic E-state index is 0.190. The maximum atomic E-state index is 11.9. The van der Waals surface area contributed by atoms with Gasteiger partial charge in [0.1, 0.15) is 5.82 Å². The summed E-state index contributed by atoms with van der Waals surface area (Å²) in [7, 11) is -2.10. The normalized spacial score (nSPS) is 11.4. The first-order valence-electron chi connectivity index (χ1n) is 9.66. The molecule has 0 aliphatic carbocycles. The summed E-state index contributed by atoms with van der Waals surface area (Å²) in [5.41, 5.74) is 3.49. The van der Waals surface area contributed by atoms with E-state index in [1.807, 2.05) is 37.4 Å². The molecule has 31 heavy (non-hydrogen) atoms. The molecule has 0 bridgehead atoms. The minimum Gasteiger partial charge on any atom is -0.324 e. The largest absolute Gasteiger partial charge is 0.324 e. The van der Waals surface area contributed by atoms with Crippen LogP contribution in [0, 0.1) is 6.92 Å². The molecule has 0 aliphatic heterocycles. The highest BCUT2D eigenvalue weighted by atomic mass is 32.2. The van der Waals surface area contributed by atoms with E-state index in [0.717, 1.165) is 17.2 Å². The summed E-state index contributed by atoms with van der Waals surface area (Å²) in [6.45, 7) is 2.66. The van der Waals surface area contributed by atoms with Gasteiger partial charge in [-0.25, -0.2) is 28.1 Å². The van der Waals surface area contributed by atoms with Gasteiger partial charge < -0.3 is 9.88 Å². The van der Waals surface area contributed by atoms with E-state index in [1.54, 1.807) is 18.3 Å². The van der Waals surface area contributed by atoms with Crippen LogP contribution in [0.4, 0.5) is 11.6 Å². The first-order chi connectivity index (χ1) is 15.0. The SMILES string of the molecule is CNS(=O)(=O)c1ccc(Nc2nccc(-c3cnc(C)n3Cc3ccccc3)n2)cc1. The summed E-state index contributed by atoms with van der Waals surface area (Å²) >= 11 is 0. The smallest absolute Gasteiger partial charge is 0.240 e. The van der Waals surface area contributed by atoms with Crippen LogP contribution in [-0.2, 0) is 16.6 Å². The van der Waals surface area contributed by atoms with Crippen molar-refractivity contribution in [1.29, 1.82) is 0 Å². The van der Waals surface area contributed by atoms with Crippen molar-refractivity contribution in [3.8, 4) is 11.4 Å². The molecule has 0 spiro atoms. The van der Waals surface area contributed by atoms with E-state index in [-0.39, 0.29) is 4.90 Å². The highest BCUT2D eigenvalue weighted by molar-refractivity contribution is 7.89. The van der Waals surface area contributed by atoms with Gasteiger partial charge in [0.05, 0.1) is 22.5 Å². The number of nitrogens with zero attached hydrogens (tertiary/aromatic N) is 4. The topological polar surface area (TPSA) is 102 Å². The Hall–Kier alpha value is -3.56. The van der Waals surface area contributed by atoms with E-state index in [9.17, 15) is 8.42 Å². The lowest BCUT2D eigenvalue weighted by Crippen LogP contribution is -2.18. The van der Waals surface area contributed by atoms with Crippen LogP contribution in [-0.4, -0.2) is 35.0 Å². The average molecular weight is 435 g/mol. The molecule has 2 heterocycles. The molecule has 2 N–H and O–H groups in total. The second-order valence-electron chi connectivity index (χ2n) is 6.88. The monoisotopic (exact) mass is 434 g/mol. The molecule has 0 amide bonds. The third-order valence-corrected chi connectivity index (χ3v) is 6.28. The van der Waals surface area contributed by atoms with Gasteiger partial charge in [0.25, 0.3) is 0 Å². The zero-order chi connectivity index (χ0) is 21.8. The number of hydrogen-bond donors (Lipinski definition) is 2. The van der Waals surface area contributed by atoms with Crippen LogP contribution in [0.5, 0.6) is 0 Å². The fraction of sp³-hybridized carbons (Fsp3) is 0.136. The molecular weight excluding hydrogens is 412 g/mol. The van der Waals surface area contributed by atoms with E-state index in [2.05, 4.69) is 41.7 Å². The number of anilines is 2. The summed E-state index contributed by atoms with van der Waals surface area (Å²) in [5.74, 6) is 1.31. The number of aryl methyl sites for hydroxylation is 1. The second kappa shape index (κ2) is 8.66. The van der Waals surface area contributed by atoms with Gasteiger partial charge in [-0.1, -0.05) is 30.3 Å². The van der Waals surface area contributed by atoms with Gasteiger partial charge in [-0.15, -0.1) is 0 Å². The Morgan fingerprint density at radius 3 is 2.42 bits per heavy atom. The third kappa shape index (κ3) is 4.62. The number of hydrogen-bond acceptors (Lipinski definition) is 6. The van der Waals surface area contributed by atoms with Crippen molar-refractivity contribution in [3.63, 3.8) is 0 Å². The van der Waals surface area contributed by atoms with Crippen molar-refractivity contribution in [2.45, 2.75) is 18.4 Å². The predicted molar refractivity (Wildman–Crippen MR) is 120 cm³/mol. The Labute approximate surface area is 181 Å². The molecule has 8 nitrogen and oxygen atoms in total. The van der Waals surface area contributed by atoms with Crippen LogP contribution in [0.3, 0.4) is 0 Å². The minimum atomic E-state index is -3.48. The summed E-state index contributed by atoms with van der Waals surface area (Å²) in [6.07, 6.45) is 3.49. The Kier molecular flexibility index (Phi) is 5.79. The molecule has 9 heteroatoms. The number of nitrogens with one attached hydrogen (secondary N) is 2. The number of benzene rings is 2. The molecule has 0 atom stereocenters. The van der Waals surface area contributed by atoms with E-state index in [1.165, 1.54) is 24.7 Å². The van der Waals surface area contributed by atoms with Crippen molar-refractivity contribution in [3.05, 3.63) is 84.4 Å². The quantitative estimate of drug-likeness (QED) is 0.463. The molecule has 2 aromatic heterocycles. The van der Waals surface area contributed by atoms with Crippen molar-refractivity contribution >= 4 is 21.7 Å². The lowest BCUT2D eigenvalue weighted by molar-refractivity contribution is 0.588. The van der Waals surface area contributed by atoms with Crippen LogP contribution < -0.4 is 10.0 Å². The Balaban J connectivity index is 1.58. The van der Waals surface area contributed by atoms with E-state index < -0.39 is 10.0 Å². The molecule has 0 unspecified atom stereocenters. The van der Waals surface area contributed by atoms with Crippen molar-refractivity contribution in [2.75, 3.05) is 12.4 Å². The van der Waals surface area contributed by atoms with E-state index in [4.69, 9.17) is 0 Å². The van der Waals surface area contributed by atoms with Gasteiger partial charge in [-0.2, -0.15) is 0 Å². The zero-order valence-electron chi connectivity index (χ0n) is 17.1. The lowest BCUT2D eigenvalue weighted by Gasteiger charge is -2.11. The highest BCUT2D eigenvalue weighted by Crippen LogP contribution is 2.22. The van der Waals surface area contributed by atoms with Gasteiger partial charge in [0.15, 0.2) is 0 Å². The standard InChI is InChI=1S/C22H22N6O2S/c1-16-25-14-21(28(16)15-17-6-4-3-5-7-17)20-12-13-24-22(27-20)26-18-8-10-19(11-9-18)31(29,30)23-2/h3-14,23H,15H2,1-2H3,(H,24,26,27). The van der Waals surface area contributed by atoms with Crippen molar-refractivity contribution < 1.29 is 8.42 Å². The van der Waals surface area contributed by atoms with Crippen LogP contribution in [0.15, 0.2) is 78.0 Å². The average Bonchev–Trinajstić information content (AvgIpc) is 3.15. The Morgan fingerprint density at radius 1 is 0.968 bits per heavy atom. The molecule has 0 radical (unpaired) electrons. The number of rotatable bonds is 7. The van der Waals surface area contributed by atoms with Gasteiger partial charge in [-0.3, -0.25) is 0 Å². The van der Waals surface area contributed by atoms with E-state index >= 15 is 0 Å².